The van der Waals surface area contributed by atoms with Gasteiger partial charge in [-0.15, -0.1) is 0 Å². The van der Waals surface area contributed by atoms with Crippen molar-refractivity contribution in [3.8, 4) is 0 Å². The second-order valence-corrected chi connectivity index (χ2v) is 5.10. The smallest absolute Gasteiger partial charge is 0.329 e. The van der Waals surface area contributed by atoms with Gasteiger partial charge in [0, 0.05) is 0 Å². The van der Waals surface area contributed by atoms with Crippen LogP contribution in [-0.2, 0) is 14.4 Å². The third-order valence-electron chi connectivity index (χ3n) is 3.63. The van der Waals surface area contributed by atoms with Gasteiger partial charge in [0.2, 0.25) is 0 Å². The average Bonchev–Trinajstić information content (AvgIpc) is 2.92. The molecule has 3 N–H and O–H groups in total. The fourth-order valence-electron chi connectivity index (χ4n) is 2.43. The molecule has 6 nitrogen and oxygen atoms in total. The third kappa shape index (κ3) is 3.05. The summed E-state index contributed by atoms with van der Waals surface area (Å²) in [5.74, 6) is -5.86. The van der Waals surface area contributed by atoms with E-state index >= 15 is 0 Å². The molecule has 8 heteroatoms. The highest BCUT2D eigenvalue weighted by Crippen LogP contribution is 2.30. The molecule has 1 fully saturated rings. The summed E-state index contributed by atoms with van der Waals surface area (Å²) in [4.78, 5) is 34.8. The fourth-order valence-corrected chi connectivity index (χ4v) is 2.43. The molecule has 22 heavy (non-hydrogen) atoms. The predicted molar refractivity (Wildman–Crippen MR) is 72.0 cm³/mol. The Labute approximate surface area is 124 Å². The van der Waals surface area contributed by atoms with Gasteiger partial charge in [-0.3, -0.25) is 9.59 Å². The zero-order valence-electron chi connectivity index (χ0n) is 11.5. The monoisotopic (exact) mass is 312 g/mol. The number of carboxylic acids is 1. The van der Waals surface area contributed by atoms with Gasteiger partial charge in [-0.05, 0) is 25.0 Å². The molecule has 0 spiro atoms. The molecule has 0 atom stereocenters. The van der Waals surface area contributed by atoms with Crippen molar-refractivity contribution in [1.29, 1.82) is 0 Å². The Balaban J connectivity index is 2.10. The number of halogens is 2. The first kappa shape index (κ1) is 15.9. The minimum atomic E-state index is -1.50. The lowest BCUT2D eigenvalue weighted by Crippen LogP contribution is -2.55. The van der Waals surface area contributed by atoms with Gasteiger partial charge >= 0.3 is 17.8 Å². The molecule has 0 saturated heterocycles. The molecule has 0 unspecified atom stereocenters. The van der Waals surface area contributed by atoms with Gasteiger partial charge in [0.05, 0.1) is 0 Å². The van der Waals surface area contributed by atoms with E-state index in [0.29, 0.717) is 12.8 Å². The summed E-state index contributed by atoms with van der Waals surface area (Å²) in [6.45, 7) is 0. The molecule has 0 radical (unpaired) electrons. The van der Waals surface area contributed by atoms with Gasteiger partial charge < -0.3 is 15.7 Å². The largest absolute Gasteiger partial charge is 0.480 e. The molecular weight excluding hydrogens is 298 g/mol. The number of carbonyl (C=O) groups excluding carboxylic acids is 2. The van der Waals surface area contributed by atoms with Gasteiger partial charge in [0.15, 0.2) is 0 Å². The summed E-state index contributed by atoms with van der Waals surface area (Å²) in [7, 11) is 0. The standard InChI is InChI=1S/C14H14F2N2O4/c15-8-4-3-5-9(16)10(8)17-11(19)12(20)18-14(13(21)22)6-1-2-7-14/h3-5H,1-2,6-7H2,(H,17,19)(H,18,20)(H,21,22). The average molecular weight is 312 g/mol. The Kier molecular flexibility index (Phi) is 4.39. The van der Waals surface area contributed by atoms with E-state index in [4.69, 9.17) is 0 Å². The highest BCUT2D eigenvalue weighted by Gasteiger charge is 2.43. The molecule has 0 aromatic heterocycles. The molecule has 2 amide bonds. The van der Waals surface area contributed by atoms with E-state index in [-0.39, 0.29) is 12.8 Å². The fraction of sp³-hybridized carbons (Fsp3) is 0.357. The Bertz CT molecular complexity index is 607. The lowest BCUT2D eigenvalue weighted by atomic mass is 9.98. The van der Waals surface area contributed by atoms with Crippen LogP contribution in [-0.4, -0.2) is 28.4 Å². The highest BCUT2D eigenvalue weighted by atomic mass is 19.1. The summed E-state index contributed by atoms with van der Waals surface area (Å²) >= 11 is 0. The minimum absolute atomic E-state index is 0.204. The number of aliphatic carboxylic acids is 1. The molecule has 0 heterocycles. The Hall–Kier alpha value is -2.51. The van der Waals surface area contributed by atoms with Gasteiger partial charge in [0.1, 0.15) is 22.9 Å². The molecule has 1 aromatic carbocycles. The quantitative estimate of drug-likeness (QED) is 0.736. The molecule has 0 bridgehead atoms. The zero-order chi connectivity index (χ0) is 16.3. The van der Waals surface area contributed by atoms with Crippen LogP contribution in [0.1, 0.15) is 25.7 Å². The lowest BCUT2D eigenvalue weighted by molar-refractivity contribution is -0.148. The van der Waals surface area contributed by atoms with Crippen LogP contribution in [0, 0.1) is 11.6 Å². The van der Waals surface area contributed by atoms with Crippen LogP contribution in [0.5, 0.6) is 0 Å². The minimum Gasteiger partial charge on any atom is -0.480 e. The van der Waals surface area contributed by atoms with Crippen LogP contribution in [0.15, 0.2) is 18.2 Å². The second kappa shape index (κ2) is 6.08. The summed E-state index contributed by atoms with van der Waals surface area (Å²) in [6.07, 6.45) is 1.62. The van der Waals surface area contributed by atoms with Crippen LogP contribution in [0.25, 0.3) is 0 Å². The summed E-state index contributed by atoms with van der Waals surface area (Å²) < 4.78 is 26.8. The SMILES string of the molecule is O=C(Nc1c(F)cccc1F)C(=O)NC1(C(=O)O)CCCC1. The number of nitrogens with one attached hydrogen (secondary N) is 2. The molecule has 1 saturated carbocycles. The summed E-state index contributed by atoms with van der Waals surface area (Å²) in [6, 6.07) is 2.96. The number of hydrogen-bond donors (Lipinski definition) is 3. The first-order valence-corrected chi connectivity index (χ1v) is 6.67. The number of carbonyl (C=O) groups is 3. The molecule has 0 aliphatic heterocycles. The van der Waals surface area contributed by atoms with Crippen LogP contribution in [0.3, 0.4) is 0 Å². The first-order chi connectivity index (χ1) is 10.4. The Morgan fingerprint density at radius 2 is 1.59 bits per heavy atom. The van der Waals surface area contributed by atoms with Crippen molar-refractivity contribution in [2.24, 2.45) is 0 Å². The summed E-state index contributed by atoms with van der Waals surface area (Å²) in [5.41, 5.74) is -2.25. The number of amides is 2. The highest BCUT2D eigenvalue weighted by molar-refractivity contribution is 6.40. The van der Waals surface area contributed by atoms with Crippen molar-refractivity contribution >= 4 is 23.5 Å². The van der Waals surface area contributed by atoms with Crippen molar-refractivity contribution in [2.75, 3.05) is 5.32 Å². The van der Waals surface area contributed by atoms with Crippen molar-refractivity contribution in [3.63, 3.8) is 0 Å². The molecular formula is C14H14F2N2O4. The van der Waals surface area contributed by atoms with E-state index in [1.807, 2.05) is 5.32 Å². The van der Waals surface area contributed by atoms with Gasteiger partial charge in [0.25, 0.3) is 0 Å². The van der Waals surface area contributed by atoms with E-state index in [0.717, 1.165) is 18.2 Å². The predicted octanol–water partition coefficient (Wildman–Crippen LogP) is 1.42. The maximum absolute atomic E-state index is 13.4. The van der Waals surface area contributed by atoms with Gasteiger partial charge in [-0.1, -0.05) is 18.9 Å². The molecule has 118 valence electrons. The Morgan fingerprint density at radius 1 is 1.05 bits per heavy atom. The molecule has 1 aliphatic carbocycles. The van der Waals surface area contributed by atoms with Crippen LogP contribution in [0.4, 0.5) is 14.5 Å². The molecule has 1 aromatic rings. The molecule has 1 aliphatic rings. The van der Waals surface area contributed by atoms with E-state index in [1.54, 1.807) is 0 Å². The van der Waals surface area contributed by atoms with E-state index in [2.05, 4.69) is 5.32 Å². The number of anilines is 1. The van der Waals surface area contributed by atoms with Crippen molar-refractivity contribution in [1.82, 2.24) is 5.32 Å². The van der Waals surface area contributed by atoms with Crippen LogP contribution in [0.2, 0.25) is 0 Å². The van der Waals surface area contributed by atoms with Crippen molar-refractivity contribution < 1.29 is 28.3 Å². The van der Waals surface area contributed by atoms with E-state index in [1.165, 1.54) is 0 Å². The van der Waals surface area contributed by atoms with Crippen LogP contribution < -0.4 is 10.6 Å². The number of carboxylic acid groups (broad SMARTS) is 1. The zero-order valence-corrected chi connectivity index (χ0v) is 11.5. The number of para-hydroxylation sites is 1. The van der Waals surface area contributed by atoms with Crippen molar-refractivity contribution in [2.45, 2.75) is 31.2 Å². The normalized spacial score (nSPS) is 16.1. The summed E-state index contributed by atoms with van der Waals surface area (Å²) in [5, 5.41) is 13.2. The third-order valence-corrected chi connectivity index (χ3v) is 3.63. The maximum atomic E-state index is 13.4. The molecule has 2 rings (SSSR count). The topological polar surface area (TPSA) is 95.5 Å². The Morgan fingerprint density at radius 3 is 2.09 bits per heavy atom. The van der Waals surface area contributed by atoms with E-state index in [9.17, 15) is 28.3 Å². The van der Waals surface area contributed by atoms with Gasteiger partial charge in [-0.2, -0.15) is 0 Å². The van der Waals surface area contributed by atoms with Crippen LogP contribution >= 0.6 is 0 Å². The number of benzene rings is 1. The van der Waals surface area contributed by atoms with Gasteiger partial charge in [-0.25, -0.2) is 13.6 Å². The second-order valence-electron chi connectivity index (χ2n) is 5.10. The van der Waals surface area contributed by atoms with Crippen molar-refractivity contribution in [3.05, 3.63) is 29.8 Å². The maximum Gasteiger partial charge on any atom is 0.329 e. The number of hydrogen-bond acceptors (Lipinski definition) is 3. The lowest BCUT2D eigenvalue weighted by Gasteiger charge is -2.24. The number of rotatable bonds is 3. The van der Waals surface area contributed by atoms with E-state index < -0.39 is 40.6 Å². The first-order valence-electron chi connectivity index (χ1n) is 6.67.